The fourth-order valence-corrected chi connectivity index (χ4v) is 3.55. The Morgan fingerprint density at radius 2 is 1.56 bits per heavy atom. The Balaban J connectivity index is 0.00000225. The van der Waals surface area contributed by atoms with Gasteiger partial charge in [-0.05, 0) is 30.5 Å². The maximum absolute atomic E-state index is 5.78. The quantitative estimate of drug-likeness (QED) is 0.827. The lowest BCUT2D eigenvalue weighted by Gasteiger charge is -2.35. The topological polar surface area (TPSA) is 58.2 Å². The number of hydrogen-bond donors (Lipinski definition) is 1. The summed E-state index contributed by atoms with van der Waals surface area (Å²) in [6.07, 6.45) is 4.04. The normalized spacial score (nSPS) is 19.5. The molecule has 6 nitrogen and oxygen atoms in total. The SMILES string of the molecule is COc1cc(CNC2CCC3(CC2)OCCO3)cc(OC)c1OC.Cl. The molecule has 0 amide bonds. The van der Waals surface area contributed by atoms with E-state index in [4.69, 9.17) is 23.7 Å². The second kappa shape index (κ2) is 8.94. The summed E-state index contributed by atoms with van der Waals surface area (Å²) in [4.78, 5) is 0. The van der Waals surface area contributed by atoms with E-state index in [0.29, 0.717) is 23.3 Å². The largest absolute Gasteiger partial charge is 0.493 e. The number of methoxy groups -OCH3 is 3. The first-order valence-corrected chi connectivity index (χ1v) is 8.50. The van der Waals surface area contributed by atoms with Crippen LogP contribution in [0.2, 0.25) is 0 Å². The Kier molecular flexibility index (Phi) is 7.19. The van der Waals surface area contributed by atoms with Crippen molar-refractivity contribution < 1.29 is 23.7 Å². The molecule has 0 aromatic heterocycles. The average Bonchev–Trinajstić information content (AvgIpc) is 3.08. The van der Waals surface area contributed by atoms with Gasteiger partial charge in [0.1, 0.15) is 0 Å². The van der Waals surface area contributed by atoms with E-state index in [1.54, 1.807) is 21.3 Å². The molecule has 0 radical (unpaired) electrons. The van der Waals surface area contributed by atoms with Gasteiger partial charge in [0.2, 0.25) is 5.75 Å². The minimum Gasteiger partial charge on any atom is -0.493 e. The molecule has 0 atom stereocenters. The van der Waals surface area contributed by atoms with E-state index < -0.39 is 0 Å². The van der Waals surface area contributed by atoms with Crippen molar-refractivity contribution in [3.63, 3.8) is 0 Å². The molecule has 7 heteroatoms. The van der Waals surface area contributed by atoms with Crippen LogP contribution in [0.4, 0.5) is 0 Å². The number of ether oxygens (including phenoxy) is 5. The van der Waals surface area contributed by atoms with Crippen molar-refractivity contribution in [2.75, 3.05) is 34.5 Å². The second-order valence-electron chi connectivity index (χ2n) is 6.30. The molecule has 1 saturated carbocycles. The Labute approximate surface area is 155 Å². The van der Waals surface area contributed by atoms with Crippen LogP contribution in [-0.4, -0.2) is 46.4 Å². The zero-order valence-corrected chi connectivity index (χ0v) is 15.9. The van der Waals surface area contributed by atoms with Crippen LogP contribution in [0.5, 0.6) is 17.2 Å². The molecular formula is C18H28ClNO5. The molecule has 1 N–H and O–H groups in total. The summed E-state index contributed by atoms with van der Waals surface area (Å²) >= 11 is 0. The fraction of sp³-hybridized carbons (Fsp3) is 0.667. The van der Waals surface area contributed by atoms with Crippen molar-refractivity contribution in [3.05, 3.63) is 17.7 Å². The third-order valence-corrected chi connectivity index (χ3v) is 4.88. The summed E-state index contributed by atoms with van der Waals surface area (Å²) in [6.45, 7) is 2.21. The van der Waals surface area contributed by atoms with Gasteiger partial charge in [0, 0.05) is 25.4 Å². The molecule has 2 fully saturated rings. The molecule has 0 unspecified atom stereocenters. The zero-order chi connectivity index (χ0) is 17.0. The van der Waals surface area contributed by atoms with Gasteiger partial charge in [-0.25, -0.2) is 0 Å². The Hall–Kier alpha value is -1.21. The zero-order valence-electron chi connectivity index (χ0n) is 15.1. The molecule has 1 aliphatic carbocycles. The van der Waals surface area contributed by atoms with Crippen LogP contribution in [0, 0.1) is 0 Å². The predicted molar refractivity (Wildman–Crippen MR) is 97.1 cm³/mol. The lowest BCUT2D eigenvalue weighted by Crippen LogP contribution is -2.41. The molecule has 1 saturated heterocycles. The minimum atomic E-state index is -0.301. The highest BCUT2D eigenvalue weighted by Crippen LogP contribution is 2.39. The summed E-state index contributed by atoms with van der Waals surface area (Å²) in [5.41, 5.74) is 1.11. The highest BCUT2D eigenvalue weighted by Gasteiger charge is 2.40. The molecule has 2 aliphatic rings. The first kappa shape index (κ1) is 20.1. The molecule has 1 spiro atoms. The van der Waals surface area contributed by atoms with Crippen molar-refractivity contribution in [2.24, 2.45) is 0 Å². The maximum Gasteiger partial charge on any atom is 0.203 e. The summed E-state index contributed by atoms with van der Waals surface area (Å²) < 4.78 is 27.7. The molecule has 1 heterocycles. The fourth-order valence-electron chi connectivity index (χ4n) is 3.55. The monoisotopic (exact) mass is 373 g/mol. The Bertz CT molecular complexity index is 527. The van der Waals surface area contributed by atoms with Crippen molar-refractivity contribution in [3.8, 4) is 17.2 Å². The minimum absolute atomic E-state index is 0. The summed E-state index contributed by atoms with van der Waals surface area (Å²) in [7, 11) is 4.89. The second-order valence-corrected chi connectivity index (χ2v) is 6.30. The summed E-state index contributed by atoms with van der Waals surface area (Å²) in [5, 5.41) is 3.62. The Morgan fingerprint density at radius 1 is 1.00 bits per heavy atom. The number of halogens is 1. The van der Waals surface area contributed by atoms with Crippen LogP contribution >= 0.6 is 12.4 Å². The van der Waals surface area contributed by atoms with Crippen molar-refractivity contribution in [1.29, 1.82) is 0 Å². The molecule has 1 aromatic carbocycles. The highest BCUT2D eigenvalue weighted by molar-refractivity contribution is 5.85. The van der Waals surface area contributed by atoms with Gasteiger partial charge < -0.3 is 29.0 Å². The Morgan fingerprint density at radius 3 is 2.04 bits per heavy atom. The van der Waals surface area contributed by atoms with Crippen molar-refractivity contribution >= 4 is 12.4 Å². The van der Waals surface area contributed by atoms with E-state index in [1.165, 1.54) is 0 Å². The van der Waals surface area contributed by atoms with E-state index in [2.05, 4.69) is 5.32 Å². The predicted octanol–water partition coefficient (Wildman–Crippen LogP) is 2.91. The molecule has 3 rings (SSSR count). The van der Waals surface area contributed by atoms with E-state index in [9.17, 15) is 0 Å². The lowest BCUT2D eigenvalue weighted by atomic mass is 9.90. The van der Waals surface area contributed by atoms with Crippen LogP contribution in [0.3, 0.4) is 0 Å². The van der Waals surface area contributed by atoms with Gasteiger partial charge in [-0.2, -0.15) is 0 Å². The lowest BCUT2D eigenvalue weighted by molar-refractivity contribution is -0.179. The van der Waals surface area contributed by atoms with Gasteiger partial charge in [0.05, 0.1) is 34.5 Å². The smallest absolute Gasteiger partial charge is 0.203 e. The van der Waals surface area contributed by atoms with E-state index >= 15 is 0 Å². The molecule has 142 valence electrons. The molecule has 1 aromatic rings. The van der Waals surface area contributed by atoms with Crippen LogP contribution < -0.4 is 19.5 Å². The van der Waals surface area contributed by atoms with E-state index in [-0.39, 0.29) is 18.2 Å². The average molecular weight is 374 g/mol. The third kappa shape index (κ3) is 4.50. The number of hydrogen-bond acceptors (Lipinski definition) is 6. The molecule has 1 aliphatic heterocycles. The number of nitrogens with one attached hydrogen (secondary N) is 1. The van der Waals surface area contributed by atoms with Gasteiger partial charge >= 0.3 is 0 Å². The molecular weight excluding hydrogens is 346 g/mol. The van der Waals surface area contributed by atoms with Crippen LogP contribution in [0.25, 0.3) is 0 Å². The molecule has 0 bridgehead atoms. The van der Waals surface area contributed by atoms with Crippen LogP contribution in [-0.2, 0) is 16.0 Å². The van der Waals surface area contributed by atoms with Gasteiger partial charge in [-0.1, -0.05) is 0 Å². The van der Waals surface area contributed by atoms with Gasteiger partial charge in [0.25, 0.3) is 0 Å². The standard InChI is InChI=1S/C18H27NO5.ClH/c1-20-15-10-13(11-16(21-2)17(15)22-3)12-19-14-4-6-18(7-5-14)23-8-9-24-18;/h10-11,14,19H,4-9,12H2,1-3H3;1H. The number of rotatable bonds is 6. The van der Waals surface area contributed by atoms with Crippen molar-refractivity contribution in [2.45, 2.75) is 44.1 Å². The number of benzene rings is 1. The third-order valence-electron chi connectivity index (χ3n) is 4.88. The first-order valence-electron chi connectivity index (χ1n) is 8.50. The van der Waals surface area contributed by atoms with Crippen LogP contribution in [0.1, 0.15) is 31.2 Å². The molecule has 25 heavy (non-hydrogen) atoms. The van der Waals surface area contributed by atoms with Crippen LogP contribution in [0.15, 0.2) is 12.1 Å². The van der Waals surface area contributed by atoms with Gasteiger partial charge in [-0.3, -0.25) is 0 Å². The summed E-state index contributed by atoms with van der Waals surface area (Å²) in [5.74, 6) is 1.69. The first-order chi connectivity index (χ1) is 11.7. The van der Waals surface area contributed by atoms with E-state index in [1.807, 2.05) is 12.1 Å². The maximum atomic E-state index is 5.78. The van der Waals surface area contributed by atoms with Gasteiger partial charge in [-0.15, -0.1) is 12.4 Å². The highest BCUT2D eigenvalue weighted by atomic mass is 35.5. The van der Waals surface area contributed by atoms with Crippen molar-refractivity contribution in [1.82, 2.24) is 5.32 Å². The van der Waals surface area contributed by atoms with E-state index in [0.717, 1.165) is 51.0 Å². The van der Waals surface area contributed by atoms with Gasteiger partial charge in [0.15, 0.2) is 17.3 Å². The summed E-state index contributed by atoms with van der Waals surface area (Å²) in [6, 6.07) is 4.45.